The highest BCUT2D eigenvalue weighted by atomic mass is 16.5. The summed E-state index contributed by atoms with van der Waals surface area (Å²) >= 11 is 0. The molecule has 0 aliphatic carbocycles. The minimum atomic E-state index is -0.242. The van der Waals surface area contributed by atoms with E-state index in [2.05, 4.69) is 6.07 Å². The number of amides is 2. The lowest BCUT2D eigenvalue weighted by molar-refractivity contribution is 0.0631. The number of nitrogens with zero attached hydrogens (tertiary/aromatic N) is 1. The maximum Gasteiger partial charge on any atom is 0.261 e. The van der Waals surface area contributed by atoms with Gasteiger partial charge in [0.25, 0.3) is 11.8 Å². The summed E-state index contributed by atoms with van der Waals surface area (Å²) in [4.78, 5) is 25.9. The Morgan fingerprint density at radius 2 is 1.48 bits per heavy atom. The first-order valence-electron chi connectivity index (χ1n) is 7.63. The maximum atomic E-state index is 12.4. The SMILES string of the molecule is Cc1cc(C)cc(OCCN2C(=O)c3ccc(C)cc3C2=O)c1. The van der Waals surface area contributed by atoms with Crippen LogP contribution in [0.4, 0.5) is 0 Å². The minimum absolute atomic E-state index is 0.238. The van der Waals surface area contributed by atoms with Crippen LogP contribution < -0.4 is 4.74 Å². The highest BCUT2D eigenvalue weighted by molar-refractivity contribution is 6.21. The zero-order valence-corrected chi connectivity index (χ0v) is 13.6. The Hall–Kier alpha value is -2.62. The van der Waals surface area contributed by atoms with Crippen LogP contribution in [-0.4, -0.2) is 29.9 Å². The van der Waals surface area contributed by atoms with Crippen LogP contribution in [0.15, 0.2) is 36.4 Å². The van der Waals surface area contributed by atoms with Crippen LogP contribution in [0.5, 0.6) is 5.75 Å². The fourth-order valence-electron chi connectivity index (χ4n) is 2.88. The number of carbonyl (C=O) groups is 2. The molecule has 4 heteroatoms. The molecule has 0 atom stereocenters. The van der Waals surface area contributed by atoms with Gasteiger partial charge in [-0.3, -0.25) is 14.5 Å². The molecule has 4 nitrogen and oxygen atoms in total. The van der Waals surface area contributed by atoms with Crippen molar-refractivity contribution in [1.82, 2.24) is 4.90 Å². The molecule has 1 heterocycles. The van der Waals surface area contributed by atoms with Crippen molar-refractivity contribution in [2.24, 2.45) is 0 Å². The topological polar surface area (TPSA) is 46.6 Å². The van der Waals surface area contributed by atoms with Crippen LogP contribution in [0, 0.1) is 20.8 Å². The quantitative estimate of drug-likeness (QED) is 0.814. The molecular weight excluding hydrogens is 290 g/mol. The molecule has 0 radical (unpaired) electrons. The molecule has 0 fully saturated rings. The van der Waals surface area contributed by atoms with Crippen LogP contribution in [-0.2, 0) is 0 Å². The van der Waals surface area contributed by atoms with Crippen LogP contribution in [0.25, 0.3) is 0 Å². The molecule has 3 rings (SSSR count). The predicted molar refractivity (Wildman–Crippen MR) is 88.0 cm³/mol. The number of ether oxygens (including phenoxy) is 1. The number of fused-ring (bicyclic) bond motifs is 1. The molecule has 0 aromatic heterocycles. The summed E-state index contributed by atoms with van der Waals surface area (Å²) in [6, 6.07) is 11.3. The minimum Gasteiger partial charge on any atom is -0.492 e. The summed E-state index contributed by atoms with van der Waals surface area (Å²) in [6.07, 6.45) is 0. The Morgan fingerprint density at radius 1 is 0.826 bits per heavy atom. The molecule has 1 aliphatic heterocycles. The molecule has 0 spiro atoms. The number of aryl methyl sites for hydroxylation is 3. The zero-order valence-electron chi connectivity index (χ0n) is 13.6. The highest BCUT2D eigenvalue weighted by Gasteiger charge is 2.35. The second-order valence-electron chi connectivity index (χ2n) is 5.98. The monoisotopic (exact) mass is 309 g/mol. The molecular formula is C19H19NO3. The van der Waals surface area contributed by atoms with Crippen molar-refractivity contribution < 1.29 is 14.3 Å². The fraction of sp³-hybridized carbons (Fsp3) is 0.263. The van der Waals surface area contributed by atoms with E-state index in [4.69, 9.17) is 4.74 Å². The molecule has 2 amide bonds. The predicted octanol–water partition coefficient (Wildman–Crippen LogP) is 3.29. The van der Waals surface area contributed by atoms with Crippen molar-refractivity contribution in [3.05, 3.63) is 64.2 Å². The van der Waals surface area contributed by atoms with Crippen LogP contribution >= 0.6 is 0 Å². The number of imide groups is 1. The van der Waals surface area contributed by atoms with E-state index in [1.807, 2.05) is 39.0 Å². The first kappa shape index (κ1) is 15.3. The molecule has 0 saturated carbocycles. The summed E-state index contributed by atoms with van der Waals surface area (Å²) in [5.41, 5.74) is 4.18. The van der Waals surface area contributed by atoms with Crippen molar-refractivity contribution in [2.75, 3.05) is 13.2 Å². The van der Waals surface area contributed by atoms with Gasteiger partial charge in [-0.1, -0.05) is 17.7 Å². The number of rotatable bonds is 4. The third-order valence-electron chi connectivity index (χ3n) is 3.91. The average Bonchev–Trinajstić information content (AvgIpc) is 2.71. The lowest BCUT2D eigenvalue weighted by atomic mass is 10.1. The summed E-state index contributed by atoms with van der Waals surface area (Å²) in [7, 11) is 0. The number of hydrogen-bond acceptors (Lipinski definition) is 3. The Morgan fingerprint density at radius 3 is 2.17 bits per heavy atom. The van der Waals surface area contributed by atoms with Gasteiger partial charge < -0.3 is 4.74 Å². The molecule has 1 aliphatic rings. The molecule has 0 bridgehead atoms. The van der Waals surface area contributed by atoms with Gasteiger partial charge in [0.1, 0.15) is 12.4 Å². The van der Waals surface area contributed by atoms with Gasteiger partial charge >= 0.3 is 0 Å². The van der Waals surface area contributed by atoms with Crippen LogP contribution in [0.1, 0.15) is 37.4 Å². The number of benzene rings is 2. The van der Waals surface area contributed by atoms with Crippen molar-refractivity contribution in [2.45, 2.75) is 20.8 Å². The summed E-state index contributed by atoms with van der Waals surface area (Å²) in [5.74, 6) is 0.279. The van der Waals surface area contributed by atoms with E-state index in [1.165, 1.54) is 4.90 Å². The van der Waals surface area contributed by atoms with E-state index in [0.29, 0.717) is 11.1 Å². The normalized spacial score (nSPS) is 13.4. The summed E-state index contributed by atoms with van der Waals surface area (Å²) in [5, 5.41) is 0. The standard InChI is InChI=1S/C19H19NO3/c1-12-4-5-16-17(11-12)19(22)20(18(16)21)6-7-23-15-9-13(2)8-14(3)10-15/h4-5,8-11H,6-7H2,1-3H3. The Kier molecular flexibility index (Phi) is 3.90. The van der Waals surface area contributed by atoms with Gasteiger partial charge in [-0.05, 0) is 56.2 Å². The smallest absolute Gasteiger partial charge is 0.261 e. The molecule has 118 valence electrons. The summed E-state index contributed by atoms with van der Waals surface area (Å²) < 4.78 is 5.70. The average molecular weight is 309 g/mol. The molecule has 0 unspecified atom stereocenters. The zero-order chi connectivity index (χ0) is 16.6. The molecule has 0 saturated heterocycles. The van der Waals surface area contributed by atoms with Crippen molar-refractivity contribution >= 4 is 11.8 Å². The first-order valence-corrected chi connectivity index (χ1v) is 7.63. The van der Waals surface area contributed by atoms with Gasteiger partial charge in [0.05, 0.1) is 17.7 Å². The van der Waals surface area contributed by atoms with E-state index >= 15 is 0 Å². The van der Waals surface area contributed by atoms with E-state index in [0.717, 1.165) is 22.4 Å². The van der Waals surface area contributed by atoms with Gasteiger partial charge in [0, 0.05) is 0 Å². The lowest BCUT2D eigenvalue weighted by Gasteiger charge is -2.15. The second-order valence-corrected chi connectivity index (χ2v) is 5.98. The number of carbonyl (C=O) groups excluding carboxylic acids is 2. The van der Waals surface area contributed by atoms with E-state index in [1.54, 1.807) is 12.1 Å². The Labute approximate surface area is 135 Å². The van der Waals surface area contributed by atoms with Gasteiger partial charge in [0.2, 0.25) is 0 Å². The molecule has 2 aromatic carbocycles. The van der Waals surface area contributed by atoms with Gasteiger partial charge in [-0.2, -0.15) is 0 Å². The Balaban J connectivity index is 1.68. The van der Waals surface area contributed by atoms with Crippen molar-refractivity contribution in [1.29, 1.82) is 0 Å². The van der Waals surface area contributed by atoms with Crippen LogP contribution in [0.2, 0.25) is 0 Å². The fourth-order valence-corrected chi connectivity index (χ4v) is 2.88. The lowest BCUT2D eigenvalue weighted by Crippen LogP contribution is -2.33. The second kappa shape index (κ2) is 5.88. The van der Waals surface area contributed by atoms with E-state index < -0.39 is 0 Å². The first-order chi connectivity index (χ1) is 11.0. The summed E-state index contributed by atoms with van der Waals surface area (Å²) in [6.45, 7) is 6.45. The van der Waals surface area contributed by atoms with Gasteiger partial charge in [0.15, 0.2) is 0 Å². The van der Waals surface area contributed by atoms with Gasteiger partial charge in [-0.25, -0.2) is 0 Å². The molecule has 2 aromatic rings. The molecule has 23 heavy (non-hydrogen) atoms. The van der Waals surface area contributed by atoms with Crippen molar-refractivity contribution in [3.63, 3.8) is 0 Å². The highest BCUT2D eigenvalue weighted by Crippen LogP contribution is 2.24. The van der Waals surface area contributed by atoms with Gasteiger partial charge in [-0.15, -0.1) is 0 Å². The third-order valence-corrected chi connectivity index (χ3v) is 3.91. The largest absolute Gasteiger partial charge is 0.492 e. The Bertz CT molecular complexity index is 775. The third kappa shape index (κ3) is 2.97. The van der Waals surface area contributed by atoms with E-state index in [9.17, 15) is 9.59 Å². The maximum absolute atomic E-state index is 12.4. The molecule has 0 N–H and O–H groups in total. The number of hydrogen-bond donors (Lipinski definition) is 0. The van der Waals surface area contributed by atoms with Crippen LogP contribution in [0.3, 0.4) is 0 Å². The van der Waals surface area contributed by atoms with E-state index in [-0.39, 0.29) is 25.0 Å². The van der Waals surface area contributed by atoms with Crippen molar-refractivity contribution in [3.8, 4) is 5.75 Å².